The van der Waals surface area contributed by atoms with Gasteiger partial charge < -0.3 is 19.5 Å². The zero-order valence-corrected chi connectivity index (χ0v) is 18.9. The summed E-state index contributed by atoms with van der Waals surface area (Å²) in [5.74, 6) is 0.501. The lowest BCUT2D eigenvalue weighted by molar-refractivity contribution is 0.180. The SMILES string of the molecule is CCOc1ccc([C@@H]2c3cccn3-c3ccccc3CN2C(=O)NCc2ccc(F)cc2)cc1. The second-order valence-electron chi connectivity index (χ2n) is 8.25. The van der Waals surface area contributed by atoms with Crippen molar-refractivity contribution in [2.45, 2.75) is 26.1 Å². The molecule has 0 aliphatic carbocycles. The van der Waals surface area contributed by atoms with Crippen LogP contribution in [0.5, 0.6) is 5.75 Å². The van der Waals surface area contributed by atoms with Gasteiger partial charge in [0.25, 0.3) is 0 Å². The molecule has 4 aromatic rings. The van der Waals surface area contributed by atoms with E-state index in [0.29, 0.717) is 19.7 Å². The molecule has 1 aliphatic heterocycles. The highest BCUT2D eigenvalue weighted by Gasteiger charge is 2.32. The van der Waals surface area contributed by atoms with E-state index in [-0.39, 0.29) is 17.9 Å². The first-order valence-electron chi connectivity index (χ1n) is 11.4. The molecule has 0 bridgehead atoms. The molecule has 0 unspecified atom stereocenters. The van der Waals surface area contributed by atoms with Crippen LogP contribution in [-0.4, -0.2) is 22.1 Å². The molecule has 1 N–H and O–H groups in total. The van der Waals surface area contributed by atoms with Gasteiger partial charge in [-0.2, -0.15) is 0 Å². The number of fused-ring (bicyclic) bond motifs is 3. The lowest BCUT2D eigenvalue weighted by Crippen LogP contribution is -2.41. The van der Waals surface area contributed by atoms with Crippen molar-refractivity contribution in [3.8, 4) is 11.4 Å². The van der Waals surface area contributed by atoms with E-state index in [1.807, 2.05) is 60.5 Å². The van der Waals surface area contributed by atoms with E-state index < -0.39 is 0 Å². The maximum atomic E-state index is 13.6. The van der Waals surface area contributed by atoms with Gasteiger partial charge in [-0.05, 0) is 66.1 Å². The molecule has 0 radical (unpaired) electrons. The van der Waals surface area contributed by atoms with Gasteiger partial charge in [0, 0.05) is 18.4 Å². The van der Waals surface area contributed by atoms with Crippen LogP contribution < -0.4 is 10.1 Å². The van der Waals surface area contributed by atoms with Crippen LogP contribution in [0.3, 0.4) is 0 Å². The lowest BCUT2D eigenvalue weighted by Gasteiger charge is -2.31. The van der Waals surface area contributed by atoms with Crippen LogP contribution in [0.4, 0.5) is 9.18 Å². The van der Waals surface area contributed by atoms with Gasteiger partial charge in [0.15, 0.2) is 0 Å². The first-order chi connectivity index (χ1) is 16.6. The number of hydrogen-bond acceptors (Lipinski definition) is 2. The van der Waals surface area contributed by atoms with E-state index in [1.54, 1.807) is 12.1 Å². The van der Waals surface area contributed by atoms with Crippen molar-refractivity contribution >= 4 is 6.03 Å². The zero-order valence-electron chi connectivity index (χ0n) is 18.9. The van der Waals surface area contributed by atoms with Gasteiger partial charge in [0.1, 0.15) is 11.6 Å². The molecule has 0 spiro atoms. The predicted octanol–water partition coefficient (Wildman–Crippen LogP) is 5.83. The first kappa shape index (κ1) is 21.8. The Labute approximate surface area is 198 Å². The van der Waals surface area contributed by atoms with Crippen molar-refractivity contribution < 1.29 is 13.9 Å². The molecule has 0 fully saturated rings. The molecular weight excluding hydrogens is 429 g/mol. The summed E-state index contributed by atoms with van der Waals surface area (Å²) in [7, 11) is 0. The van der Waals surface area contributed by atoms with Crippen LogP contribution in [0.25, 0.3) is 5.69 Å². The molecule has 5 nitrogen and oxygen atoms in total. The number of nitrogens with one attached hydrogen (secondary N) is 1. The summed E-state index contributed by atoms with van der Waals surface area (Å²) in [5, 5.41) is 3.03. The van der Waals surface area contributed by atoms with E-state index in [1.165, 1.54) is 12.1 Å². The zero-order chi connectivity index (χ0) is 23.5. The summed E-state index contributed by atoms with van der Waals surface area (Å²) < 4.78 is 21.1. The van der Waals surface area contributed by atoms with Gasteiger partial charge in [-0.1, -0.05) is 42.5 Å². The Morgan fingerprint density at radius 2 is 1.76 bits per heavy atom. The molecule has 3 aromatic carbocycles. The number of amides is 2. The van der Waals surface area contributed by atoms with E-state index in [9.17, 15) is 9.18 Å². The number of nitrogens with zero attached hydrogens (tertiary/aromatic N) is 2. The standard InChI is InChI=1S/C28H26FN3O2/c1-2-34-24-15-11-21(12-16-24)27-26-8-5-17-31(26)25-7-4-3-6-22(25)19-32(27)28(33)30-18-20-9-13-23(29)14-10-20/h3-17,27H,2,18-19H2,1H3,(H,30,33)/t27-/m1/s1. The largest absolute Gasteiger partial charge is 0.494 e. The average molecular weight is 456 g/mol. The number of benzene rings is 3. The highest BCUT2D eigenvalue weighted by atomic mass is 19.1. The minimum atomic E-state index is -0.300. The van der Waals surface area contributed by atoms with Gasteiger partial charge in [-0.15, -0.1) is 0 Å². The lowest BCUT2D eigenvalue weighted by atomic mass is 10.0. The minimum absolute atomic E-state index is 0.187. The number of carbonyl (C=O) groups is 1. The fraction of sp³-hybridized carbons (Fsp3) is 0.179. The van der Waals surface area contributed by atoms with Crippen LogP contribution >= 0.6 is 0 Å². The predicted molar refractivity (Wildman–Crippen MR) is 129 cm³/mol. The van der Waals surface area contributed by atoms with Crippen LogP contribution in [0, 0.1) is 5.82 Å². The maximum absolute atomic E-state index is 13.6. The number of ether oxygens (including phenoxy) is 1. The molecule has 172 valence electrons. The van der Waals surface area contributed by atoms with Gasteiger partial charge in [-0.25, -0.2) is 9.18 Å². The summed E-state index contributed by atoms with van der Waals surface area (Å²) in [6.07, 6.45) is 2.04. The topological polar surface area (TPSA) is 46.5 Å². The van der Waals surface area contributed by atoms with Crippen LogP contribution in [0.15, 0.2) is 91.1 Å². The normalized spacial score (nSPS) is 14.6. The monoisotopic (exact) mass is 455 g/mol. The van der Waals surface area contributed by atoms with Crippen molar-refractivity contribution in [3.63, 3.8) is 0 Å². The van der Waals surface area contributed by atoms with E-state index >= 15 is 0 Å². The highest BCUT2D eigenvalue weighted by Crippen LogP contribution is 2.37. The van der Waals surface area contributed by atoms with Crippen molar-refractivity contribution in [2.24, 2.45) is 0 Å². The van der Waals surface area contributed by atoms with Gasteiger partial charge in [-0.3, -0.25) is 0 Å². The van der Waals surface area contributed by atoms with E-state index in [4.69, 9.17) is 4.74 Å². The Balaban J connectivity index is 1.52. The summed E-state index contributed by atoms with van der Waals surface area (Å²) >= 11 is 0. The Morgan fingerprint density at radius 3 is 2.53 bits per heavy atom. The maximum Gasteiger partial charge on any atom is 0.318 e. The molecule has 1 aromatic heterocycles. The quantitative estimate of drug-likeness (QED) is 0.412. The van der Waals surface area contributed by atoms with Crippen LogP contribution in [0.1, 0.15) is 35.3 Å². The van der Waals surface area contributed by atoms with Crippen molar-refractivity contribution in [3.05, 3.63) is 119 Å². The van der Waals surface area contributed by atoms with E-state index in [0.717, 1.165) is 33.8 Å². The van der Waals surface area contributed by atoms with Gasteiger partial charge in [0.05, 0.1) is 24.9 Å². The smallest absolute Gasteiger partial charge is 0.318 e. The Kier molecular flexibility index (Phi) is 6.04. The molecule has 1 atom stereocenters. The third-order valence-corrected chi connectivity index (χ3v) is 6.09. The minimum Gasteiger partial charge on any atom is -0.494 e. The average Bonchev–Trinajstić information content (AvgIpc) is 3.29. The van der Waals surface area contributed by atoms with Crippen molar-refractivity contribution in [1.29, 1.82) is 0 Å². The number of urea groups is 1. The van der Waals surface area contributed by atoms with Crippen LogP contribution in [0.2, 0.25) is 0 Å². The highest BCUT2D eigenvalue weighted by molar-refractivity contribution is 5.76. The number of para-hydroxylation sites is 1. The number of hydrogen-bond donors (Lipinski definition) is 1. The summed E-state index contributed by atoms with van der Waals surface area (Å²) in [6.45, 7) is 3.31. The second-order valence-corrected chi connectivity index (χ2v) is 8.25. The fourth-order valence-electron chi connectivity index (χ4n) is 4.48. The third kappa shape index (κ3) is 4.27. The van der Waals surface area contributed by atoms with Crippen LogP contribution in [-0.2, 0) is 13.1 Å². The fourth-order valence-corrected chi connectivity index (χ4v) is 4.48. The number of carbonyl (C=O) groups excluding carboxylic acids is 1. The Hall–Kier alpha value is -4.06. The third-order valence-electron chi connectivity index (χ3n) is 6.09. The molecule has 2 heterocycles. The molecule has 0 saturated heterocycles. The number of rotatable bonds is 5. The molecular formula is C28H26FN3O2. The Bertz CT molecular complexity index is 1280. The second kappa shape index (κ2) is 9.43. The van der Waals surface area contributed by atoms with Crippen molar-refractivity contribution in [2.75, 3.05) is 6.61 Å². The molecule has 5 rings (SSSR count). The van der Waals surface area contributed by atoms with E-state index in [2.05, 4.69) is 28.1 Å². The number of halogens is 1. The molecule has 2 amide bonds. The molecule has 34 heavy (non-hydrogen) atoms. The number of aromatic nitrogens is 1. The molecule has 0 saturated carbocycles. The van der Waals surface area contributed by atoms with Gasteiger partial charge in [0.2, 0.25) is 0 Å². The van der Waals surface area contributed by atoms with Crippen molar-refractivity contribution in [1.82, 2.24) is 14.8 Å². The first-order valence-corrected chi connectivity index (χ1v) is 11.4. The Morgan fingerprint density at radius 1 is 1.00 bits per heavy atom. The summed E-state index contributed by atoms with van der Waals surface area (Å²) in [5.41, 5.74) is 4.96. The molecule has 1 aliphatic rings. The molecule has 6 heteroatoms. The van der Waals surface area contributed by atoms with Gasteiger partial charge >= 0.3 is 6.03 Å². The summed E-state index contributed by atoms with van der Waals surface area (Å²) in [6, 6.07) is 25.8. The summed E-state index contributed by atoms with van der Waals surface area (Å²) in [4.78, 5) is 15.5.